The number of aliphatic hydroxyl groups excluding tert-OH is 1. The summed E-state index contributed by atoms with van der Waals surface area (Å²) >= 11 is 0. The zero-order valence-corrected chi connectivity index (χ0v) is 22.0. The van der Waals surface area contributed by atoms with E-state index in [2.05, 4.69) is 10.1 Å². The van der Waals surface area contributed by atoms with Crippen LogP contribution in [-0.4, -0.2) is 57.6 Å². The summed E-state index contributed by atoms with van der Waals surface area (Å²) < 4.78 is 81.5. The molecule has 2 aliphatic rings. The van der Waals surface area contributed by atoms with E-state index in [1.807, 2.05) is 6.92 Å². The van der Waals surface area contributed by atoms with Crippen LogP contribution < -0.4 is 0 Å². The third-order valence-corrected chi connectivity index (χ3v) is 9.28. The van der Waals surface area contributed by atoms with E-state index in [0.717, 1.165) is 32.4 Å². The number of hydrogen-bond acceptors (Lipinski definition) is 5. The second-order valence-electron chi connectivity index (χ2n) is 10.1. The quantitative estimate of drug-likeness (QED) is 0.317. The Morgan fingerprint density at radius 3 is 2.59 bits per heavy atom. The lowest BCUT2D eigenvalue weighted by Gasteiger charge is -2.31. The lowest BCUT2D eigenvalue weighted by atomic mass is 9.80. The molecule has 1 unspecified atom stereocenters. The summed E-state index contributed by atoms with van der Waals surface area (Å²) in [6.45, 7) is 1.28. The van der Waals surface area contributed by atoms with E-state index in [-0.39, 0.29) is 29.9 Å². The maximum absolute atomic E-state index is 13.4. The second-order valence-corrected chi connectivity index (χ2v) is 12.1. The molecule has 3 aromatic rings. The van der Waals surface area contributed by atoms with Crippen molar-refractivity contribution in [3.63, 3.8) is 0 Å². The zero-order valence-electron chi connectivity index (χ0n) is 21.1. The van der Waals surface area contributed by atoms with Crippen molar-refractivity contribution >= 4 is 10.0 Å². The molecule has 208 valence electrons. The maximum Gasteiger partial charge on any atom is 0.404 e. The van der Waals surface area contributed by atoms with E-state index >= 15 is 0 Å². The number of benzene rings is 1. The fraction of sp³-hybridized carbons (Fsp3) is 0.407. The van der Waals surface area contributed by atoms with Crippen LogP contribution in [0, 0.1) is 11.7 Å². The Kier molecular flexibility index (Phi) is 7.38. The molecule has 0 radical (unpaired) electrons. The van der Waals surface area contributed by atoms with E-state index < -0.39 is 34.6 Å². The Hall–Kier alpha value is -3.09. The summed E-state index contributed by atoms with van der Waals surface area (Å²) in [6, 6.07) is 10.7. The summed E-state index contributed by atoms with van der Waals surface area (Å²) in [5.74, 6) is -2.79. The van der Waals surface area contributed by atoms with Crippen LogP contribution in [0.1, 0.15) is 48.7 Å². The number of nitrogens with zero attached hydrogens (tertiary/aromatic N) is 4. The van der Waals surface area contributed by atoms with Gasteiger partial charge in [-0.2, -0.15) is 22.6 Å². The van der Waals surface area contributed by atoms with Crippen LogP contribution in [0.2, 0.25) is 0 Å². The first-order valence-electron chi connectivity index (χ1n) is 12.6. The molecule has 2 heterocycles. The van der Waals surface area contributed by atoms with Crippen molar-refractivity contribution in [3.8, 4) is 5.69 Å². The van der Waals surface area contributed by atoms with Crippen LogP contribution in [0.25, 0.3) is 5.69 Å². The Morgan fingerprint density at radius 2 is 1.92 bits per heavy atom. The Bertz CT molecular complexity index is 1470. The van der Waals surface area contributed by atoms with Gasteiger partial charge in [-0.1, -0.05) is 24.1 Å². The van der Waals surface area contributed by atoms with Gasteiger partial charge in [0.1, 0.15) is 11.9 Å². The fourth-order valence-electron chi connectivity index (χ4n) is 5.78. The Labute approximate surface area is 223 Å². The molecule has 0 saturated carbocycles. The number of aliphatic hydroxyl groups is 1. The molecule has 0 saturated heterocycles. The fourth-order valence-corrected chi connectivity index (χ4v) is 7.15. The van der Waals surface area contributed by atoms with E-state index in [4.69, 9.17) is 0 Å². The monoisotopic (exact) mass is 564 g/mol. The van der Waals surface area contributed by atoms with Gasteiger partial charge >= 0.3 is 6.18 Å². The SMILES string of the molecule is C[C@@H]1C2=C(CC[C@@H]2CN(CC(O)c2ccccn2)S(=O)(=O)CC(F)(F)F)Cc2c1cnn2-c1ccc(F)cc1. The third kappa shape index (κ3) is 5.78. The lowest BCUT2D eigenvalue weighted by Crippen LogP contribution is -2.43. The number of aromatic nitrogens is 3. The molecule has 0 aliphatic heterocycles. The highest BCUT2D eigenvalue weighted by molar-refractivity contribution is 7.89. The number of pyridine rings is 1. The first-order chi connectivity index (χ1) is 18.4. The molecule has 0 amide bonds. The molecule has 1 N–H and O–H groups in total. The molecule has 3 atom stereocenters. The van der Waals surface area contributed by atoms with Crippen LogP contribution in [0.4, 0.5) is 17.6 Å². The van der Waals surface area contributed by atoms with Gasteiger partial charge in [0.2, 0.25) is 10.0 Å². The molecule has 1 aromatic carbocycles. The minimum Gasteiger partial charge on any atom is -0.385 e. The molecule has 0 fully saturated rings. The van der Waals surface area contributed by atoms with Crippen molar-refractivity contribution in [2.45, 2.75) is 44.4 Å². The predicted molar refractivity (Wildman–Crippen MR) is 136 cm³/mol. The average molecular weight is 565 g/mol. The molecular weight excluding hydrogens is 536 g/mol. The molecule has 2 aliphatic carbocycles. The molecule has 0 spiro atoms. The van der Waals surface area contributed by atoms with Gasteiger partial charge in [0.25, 0.3) is 0 Å². The van der Waals surface area contributed by atoms with E-state index in [1.54, 1.807) is 35.1 Å². The summed E-state index contributed by atoms with van der Waals surface area (Å²) in [7, 11) is -4.77. The highest BCUT2D eigenvalue weighted by atomic mass is 32.2. The largest absolute Gasteiger partial charge is 0.404 e. The number of halogens is 4. The second kappa shape index (κ2) is 10.5. The van der Waals surface area contributed by atoms with Crippen molar-refractivity contribution in [2.75, 3.05) is 18.8 Å². The molecular formula is C27H28F4N4O3S. The molecule has 12 heteroatoms. The van der Waals surface area contributed by atoms with Gasteiger partial charge in [0.15, 0.2) is 5.75 Å². The summed E-state index contributed by atoms with van der Waals surface area (Å²) in [5, 5.41) is 15.2. The number of sulfonamides is 1. The van der Waals surface area contributed by atoms with Gasteiger partial charge < -0.3 is 5.11 Å². The summed E-state index contributed by atoms with van der Waals surface area (Å²) in [6.07, 6.45) is -1.31. The van der Waals surface area contributed by atoms with Crippen molar-refractivity contribution in [2.24, 2.45) is 5.92 Å². The number of rotatable bonds is 8. The molecule has 39 heavy (non-hydrogen) atoms. The average Bonchev–Trinajstić information content (AvgIpc) is 3.48. The summed E-state index contributed by atoms with van der Waals surface area (Å²) in [4.78, 5) is 4.02. The molecule has 5 rings (SSSR count). The van der Waals surface area contributed by atoms with Crippen molar-refractivity contribution in [1.82, 2.24) is 19.1 Å². The van der Waals surface area contributed by atoms with Crippen molar-refractivity contribution in [3.05, 3.63) is 88.8 Å². The standard InChI is InChI=1S/C27H28F4N4O3S/c1-17-22-13-33-35(21-9-7-20(28)8-10-21)24(22)12-18-5-6-19(26(17)18)14-34(39(37,38)16-27(29,30)31)15-25(36)23-4-2-3-11-32-23/h2-4,7-11,13,17,19,25,36H,5-6,12,14-16H2,1H3/t17-,19+,25?/m0/s1. The van der Waals surface area contributed by atoms with Gasteiger partial charge in [-0.3, -0.25) is 4.98 Å². The van der Waals surface area contributed by atoms with Crippen LogP contribution >= 0.6 is 0 Å². The minimum atomic E-state index is -4.92. The van der Waals surface area contributed by atoms with Gasteiger partial charge in [0, 0.05) is 37.2 Å². The first-order valence-corrected chi connectivity index (χ1v) is 14.2. The van der Waals surface area contributed by atoms with Gasteiger partial charge in [-0.25, -0.2) is 17.5 Å². The van der Waals surface area contributed by atoms with E-state index in [0.29, 0.717) is 19.3 Å². The molecule has 0 bridgehead atoms. The van der Waals surface area contributed by atoms with E-state index in [1.165, 1.54) is 24.4 Å². The molecule has 2 aromatic heterocycles. The van der Waals surface area contributed by atoms with Crippen LogP contribution in [-0.2, 0) is 16.4 Å². The third-order valence-electron chi connectivity index (χ3n) is 7.50. The molecule has 7 nitrogen and oxygen atoms in total. The van der Waals surface area contributed by atoms with Gasteiger partial charge in [-0.15, -0.1) is 0 Å². The Morgan fingerprint density at radius 1 is 1.18 bits per heavy atom. The van der Waals surface area contributed by atoms with E-state index in [9.17, 15) is 31.1 Å². The zero-order chi connectivity index (χ0) is 27.9. The normalized spacial score (nSPS) is 20.3. The highest BCUT2D eigenvalue weighted by Gasteiger charge is 2.42. The van der Waals surface area contributed by atoms with Crippen LogP contribution in [0.3, 0.4) is 0 Å². The van der Waals surface area contributed by atoms with Gasteiger partial charge in [0.05, 0.1) is 23.3 Å². The summed E-state index contributed by atoms with van der Waals surface area (Å²) in [5.41, 5.74) is 4.93. The van der Waals surface area contributed by atoms with Crippen molar-refractivity contribution < 1.29 is 31.1 Å². The van der Waals surface area contributed by atoms with Gasteiger partial charge in [-0.05, 0) is 55.2 Å². The number of hydrogen-bond donors (Lipinski definition) is 1. The number of alkyl halides is 3. The van der Waals surface area contributed by atoms with Crippen molar-refractivity contribution in [1.29, 1.82) is 0 Å². The number of allylic oxidation sites excluding steroid dienone is 1. The lowest BCUT2D eigenvalue weighted by molar-refractivity contribution is -0.107. The first kappa shape index (κ1) is 27.5. The van der Waals surface area contributed by atoms with Crippen LogP contribution in [0.15, 0.2) is 66.0 Å². The van der Waals surface area contributed by atoms with Crippen LogP contribution in [0.5, 0.6) is 0 Å². The topological polar surface area (TPSA) is 88.3 Å². The maximum atomic E-state index is 13.4. The highest BCUT2D eigenvalue weighted by Crippen LogP contribution is 2.47. The smallest absolute Gasteiger partial charge is 0.385 e. The Balaban J connectivity index is 1.42. The predicted octanol–water partition coefficient (Wildman–Crippen LogP) is 4.70. The minimum absolute atomic E-state index is 0.127. The number of fused-ring (bicyclic) bond motifs is 1.